The molecule has 2 saturated heterocycles. The highest BCUT2D eigenvalue weighted by Gasteiger charge is 2.25. The molecule has 0 aromatic carbocycles. The lowest BCUT2D eigenvalue weighted by Crippen LogP contribution is -2.51. The average Bonchev–Trinajstić information content (AvgIpc) is 2.48. The zero-order valence-corrected chi connectivity index (χ0v) is 12.1. The van der Waals surface area contributed by atoms with Crippen molar-refractivity contribution < 1.29 is 24.2 Å². The van der Waals surface area contributed by atoms with Crippen LogP contribution in [0.15, 0.2) is 0 Å². The number of carbonyl (C=O) groups is 2. The molecule has 8 heteroatoms. The van der Waals surface area contributed by atoms with E-state index in [1.807, 2.05) is 0 Å². The molecule has 2 aliphatic heterocycles. The number of nitrogens with zero attached hydrogens (tertiary/aromatic N) is 2. The quantitative estimate of drug-likeness (QED) is 0.691. The van der Waals surface area contributed by atoms with Gasteiger partial charge in [0.15, 0.2) is 0 Å². The van der Waals surface area contributed by atoms with Crippen LogP contribution in [0.3, 0.4) is 0 Å². The number of hydrogen-bond acceptors (Lipinski definition) is 5. The van der Waals surface area contributed by atoms with Crippen molar-refractivity contribution in [1.29, 1.82) is 0 Å². The Morgan fingerprint density at radius 1 is 1.19 bits per heavy atom. The van der Waals surface area contributed by atoms with E-state index in [4.69, 9.17) is 14.6 Å². The highest BCUT2D eigenvalue weighted by molar-refractivity contribution is 5.74. The molecule has 2 amide bonds. The summed E-state index contributed by atoms with van der Waals surface area (Å²) in [6.07, 6.45) is -0.487. The Labute approximate surface area is 124 Å². The molecule has 0 saturated carbocycles. The van der Waals surface area contributed by atoms with Crippen LogP contribution in [0.2, 0.25) is 0 Å². The summed E-state index contributed by atoms with van der Waals surface area (Å²) >= 11 is 0. The van der Waals surface area contributed by atoms with Gasteiger partial charge in [-0.15, -0.1) is 0 Å². The Balaban J connectivity index is 1.66. The highest BCUT2D eigenvalue weighted by atomic mass is 16.5. The molecule has 0 radical (unpaired) electrons. The molecule has 1 unspecified atom stereocenters. The van der Waals surface area contributed by atoms with Crippen LogP contribution in [-0.4, -0.2) is 92.1 Å². The molecule has 0 aromatic heterocycles. The molecule has 120 valence electrons. The second-order valence-corrected chi connectivity index (χ2v) is 5.22. The standard InChI is InChI=1S/C13H23N3O5/c17-12(18)9-11-10-16(5-8-21-11)13(19)14-1-2-15-3-6-20-7-4-15/h11H,1-10H2,(H,14,19)(H,17,18). The Morgan fingerprint density at radius 2 is 1.95 bits per heavy atom. The first-order valence-electron chi connectivity index (χ1n) is 7.31. The van der Waals surface area contributed by atoms with Crippen molar-refractivity contribution in [1.82, 2.24) is 15.1 Å². The van der Waals surface area contributed by atoms with Crippen molar-refractivity contribution >= 4 is 12.0 Å². The summed E-state index contributed by atoms with van der Waals surface area (Å²) in [5, 5.41) is 11.6. The Hall–Kier alpha value is -1.38. The normalized spacial score (nSPS) is 23.8. The monoisotopic (exact) mass is 301 g/mol. The fraction of sp³-hybridized carbons (Fsp3) is 0.846. The van der Waals surface area contributed by atoms with E-state index >= 15 is 0 Å². The van der Waals surface area contributed by atoms with E-state index in [0.717, 1.165) is 32.8 Å². The predicted molar refractivity (Wildman–Crippen MR) is 74.2 cm³/mol. The molecule has 2 aliphatic rings. The van der Waals surface area contributed by atoms with Gasteiger partial charge in [-0.1, -0.05) is 0 Å². The first-order chi connectivity index (χ1) is 10.1. The number of rotatable bonds is 5. The molecule has 1 atom stereocenters. The fourth-order valence-corrected chi connectivity index (χ4v) is 2.48. The molecule has 0 aliphatic carbocycles. The number of amides is 2. The maximum Gasteiger partial charge on any atom is 0.317 e. The molecule has 2 N–H and O–H groups in total. The van der Waals surface area contributed by atoms with Crippen molar-refractivity contribution in [2.75, 3.05) is 59.1 Å². The number of ether oxygens (including phenoxy) is 2. The Bertz CT molecular complexity index is 360. The summed E-state index contributed by atoms with van der Waals surface area (Å²) in [5.74, 6) is -0.908. The predicted octanol–water partition coefficient (Wildman–Crippen LogP) is -0.796. The van der Waals surface area contributed by atoms with Crippen LogP contribution >= 0.6 is 0 Å². The smallest absolute Gasteiger partial charge is 0.317 e. The molecule has 0 bridgehead atoms. The first-order valence-corrected chi connectivity index (χ1v) is 7.31. The number of hydrogen-bond donors (Lipinski definition) is 2. The summed E-state index contributed by atoms with van der Waals surface area (Å²) in [4.78, 5) is 26.6. The van der Waals surface area contributed by atoms with Crippen LogP contribution in [0.4, 0.5) is 4.79 Å². The van der Waals surface area contributed by atoms with Crippen molar-refractivity contribution in [3.05, 3.63) is 0 Å². The highest BCUT2D eigenvalue weighted by Crippen LogP contribution is 2.08. The summed E-state index contributed by atoms with van der Waals surface area (Å²) < 4.78 is 10.6. The van der Waals surface area contributed by atoms with Crippen LogP contribution in [0.1, 0.15) is 6.42 Å². The van der Waals surface area contributed by atoms with Crippen molar-refractivity contribution in [3.63, 3.8) is 0 Å². The van der Waals surface area contributed by atoms with Crippen LogP contribution in [-0.2, 0) is 14.3 Å². The van der Waals surface area contributed by atoms with Gasteiger partial charge in [-0.25, -0.2) is 4.79 Å². The lowest BCUT2D eigenvalue weighted by molar-refractivity contribution is -0.141. The summed E-state index contributed by atoms with van der Waals surface area (Å²) in [5.41, 5.74) is 0. The summed E-state index contributed by atoms with van der Waals surface area (Å²) in [7, 11) is 0. The SMILES string of the molecule is O=C(O)CC1CN(C(=O)NCCN2CCOCC2)CCO1. The van der Waals surface area contributed by atoms with Gasteiger partial charge >= 0.3 is 12.0 Å². The van der Waals surface area contributed by atoms with Gasteiger partial charge in [-0.2, -0.15) is 0 Å². The number of carboxylic acids is 1. The van der Waals surface area contributed by atoms with Crippen molar-refractivity contribution in [3.8, 4) is 0 Å². The largest absolute Gasteiger partial charge is 0.481 e. The van der Waals surface area contributed by atoms with E-state index in [-0.39, 0.29) is 12.5 Å². The van der Waals surface area contributed by atoms with Gasteiger partial charge in [0.1, 0.15) is 0 Å². The molecule has 2 fully saturated rings. The zero-order chi connectivity index (χ0) is 15.1. The third-order valence-electron chi connectivity index (χ3n) is 3.64. The molecule has 0 spiro atoms. The van der Waals surface area contributed by atoms with Gasteiger partial charge < -0.3 is 24.8 Å². The minimum atomic E-state index is -0.908. The number of carboxylic acid groups (broad SMARTS) is 1. The third kappa shape index (κ3) is 5.49. The Morgan fingerprint density at radius 3 is 2.67 bits per heavy atom. The molecule has 0 aromatic rings. The van der Waals surface area contributed by atoms with Crippen LogP contribution < -0.4 is 5.32 Å². The number of urea groups is 1. The van der Waals surface area contributed by atoms with E-state index in [9.17, 15) is 9.59 Å². The van der Waals surface area contributed by atoms with Gasteiger partial charge in [0.05, 0.1) is 32.3 Å². The molecular weight excluding hydrogens is 278 g/mol. The average molecular weight is 301 g/mol. The van der Waals surface area contributed by atoms with Gasteiger partial charge in [-0.3, -0.25) is 9.69 Å². The van der Waals surface area contributed by atoms with Gasteiger partial charge in [0.2, 0.25) is 0 Å². The van der Waals surface area contributed by atoms with Crippen LogP contribution in [0.5, 0.6) is 0 Å². The van der Waals surface area contributed by atoms with Gasteiger partial charge in [0, 0.05) is 39.3 Å². The summed E-state index contributed by atoms with van der Waals surface area (Å²) in [6.45, 7) is 5.88. The van der Waals surface area contributed by atoms with E-state index < -0.39 is 12.1 Å². The molecule has 2 rings (SSSR count). The van der Waals surface area contributed by atoms with E-state index in [2.05, 4.69) is 10.2 Å². The van der Waals surface area contributed by atoms with Gasteiger partial charge in [-0.05, 0) is 0 Å². The fourth-order valence-electron chi connectivity index (χ4n) is 2.48. The third-order valence-corrected chi connectivity index (χ3v) is 3.64. The number of aliphatic carboxylic acids is 1. The zero-order valence-electron chi connectivity index (χ0n) is 12.1. The number of carbonyl (C=O) groups excluding carboxylic acids is 1. The molecule has 2 heterocycles. The molecular formula is C13H23N3O5. The second-order valence-electron chi connectivity index (χ2n) is 5.22. The maximum absolute atomic E-state index is 12.0. The van der Waals surface area contributed by atoms with Crippen molar-refractivity contribution in [2.45, 2.75) is 12.5 Å². The first kappa shape index (κ1) is 16.0. The minimum absolute atomic E-state index is 0.0719. The second kappa shape index (κ2) is 8.16. The van der Waals surface area contributed by atoms with Crippen LogP contribution in [0.25, 0.3) is 0 Å². The van der Waals surface area contributed by atoms with Crippen molar-refractivity contribution in [2.24, 2.45) is 0 Å². The number of nitrogens with one attached hydrogen (secondary N) is 1. The van der Waals surface area contributed by atoms with Gasteiger partial charge in [0.25, 0.3) is 0 Å². The topological polar surface area (TPSA) is 91.3 Å². The maximum atomic E-state index is 12.0. The lowest BCUT2D eigenvalue weighted by Gasteiger charge is -2.32. The van der Waals surface area contributed by atoms with E-state index in [1.54, 1.807) is 4.90 Å². The van der Waals surface area contributed by atoms with Crippen LogP contribution in [0, 0.1) is 0 Å². The molecule has 8 nitrogen and oxygen atoms in total. The lowest BCUT2D eigenvalue weighted by atomic mass is 10.2. The van der Waals surface area contributed by atoms with E-state index in [0.29, 0.717) is 26.2 Å². The Kier molecular flexibility index (Phi) is 6.21. The number of morpholine rings is 2. The molecule has 21 heavy (non-hydrogen) atoms. The minimum Gasteiger partial charge on any atom is -0.481 e. The van der Waals surface area contributed by atoms with E-state index in [1.165, 1.54) is 0 Å². The summed E-state index contributed by atoms with van der Waals surface area (Å²) in [6, 6.07) is -0.151.